The first-order valence-corrected chi connectivity index (χ1v) is 9.20. The Balaban J connectivity index is 1.50. The molecule has 0 radical (unpaired) electrons. The van der Waals surface area contributed by atoms with Crippen molar-refractivity contribution in [2.24, 2.45) is 5.92 Å². The predicted molar refractivity (Wildman–Crippen MR) is 96.8 cm³/mol. The van der Waals surface area contributed by atoms with Crippen LogP contribution in [0.5, 0.6) is 0 Å². The molecule has 2 aliphatic heterocycles. The number of ether oxygens (including phenoxy) is 1. The minimum Gasteiger partial charge on any atom is -0.381 e. The van der Waals surface area contributed by atoms with E-state index in [-0.39, 0.29) is 17.9 Å². The molecule has 1 N–H and O–H groups in total. The van der Waals surface area contributed by atoms with Crippen molar-refractivity contribution in [3.8, 4) is 0 Å². The minimum absolute atomic E-state index is 0.0256. The lowest BCUT2D eigenvalue weighted by atomic mass is 9.98. The number of pyridine rings is 1. The first-order valence-electron chi connectivity index (χ1n) is 9.20. The summed E-state index contributed by atoms with van der Waals surface area (Å²) >= 11 is 0. The van der Waals surface area contributed by atoms with Crippen LogP contribution >= 0.6 is 0 Å². The molecule has 0 aromatic carbocycles. The zero-order chi connectivity index (χ0) is 17.8. The summed E-state index contributed by atoms with van der Waals surface area (Å²) in [6, 6.07) is 7.57. The topological polar surface area (TPSA) is 80.2 Å². The van der Waals surface area contributed by atoms with Crippen LogP contribution in [0.25, 0.3) is 0 Å². The largest absolute Gasteiger partial charge is 0.381 e. The van der Waals surface area contributed by atoms with Gasteiger partial charge in [0.25, 0.3) is 0 Å². The Kier molecular flexibility index (Phi) is 5.06. The average Bonchev–Trinajstić information content (AvgIpc) is 3.19. The van der Waals surface area contributed by atoms with E-state index in [1.165, 1.54) is 0 Å². The third kappa shape index (κ3) is 3.67. The van der Waals surface area contributed by atoms with E-state index in [2.05, 4.69) is 20.3 Å². The van der Waals surface area contributed by atoms with E-state index in [1.54, 1.807) is 12.4 Å². The molecule has 4 heterocycles. The van der Waals surface area contributed by atoms with Gasteiger partial charge in [-0.3, -0.25) is 4.79 Å². The lowest BCUT2D eigenvalue weighted by Gasteiger charge is -2.30. The van der Waals surface area contributed by atoms with Crippen LogP contribution in [0.3, 0.4) is 0 Å². The van der Waals surface area contributed by atoms with E-state index >= 15 is 0 Å². The number of hydrogen-bond donors (Lipinski definition) is 1. The lowest BCUT2D eigenvalue weighted by Crippen LogP contribution is -2.38. The smallest absolute Gasteiger partial charge is 0.228 e. The van der Waals surface area contributed by atoms with Crippen LogP contribution < -0.4 is 5.32 Å². The molecule has 2 aromatic heterocycles. The second kappa shape index (κ2) is 7.78. The van der Waals surface area contributed by atoms with Crippen molar-refractivity contribution in [1.29, 1.82) is 0 Å². The molecular weight excluding hydrogens is 330 g/mol. The van der Waals surface area contributed by atoms with E-state index in [0.29, 0.717) is 25.0 Å². The molecule has 1 amide bonds. The van der Waals surface area contributed by atoms with Crippen LogP contribution in [0.15, 0.2) is 36.7 Å². The zero-order valence-corrected chi connectivity index (χ0v) is 14.7. The van der Waals surface area contributed by atoms with Crippen LogP contribution in [0, 0.1) is 5.92 Å². The van der Waals surface area contributed by atoms with Crippen LogP contribution in [0.2, 0.25) is 0 Å². The van der Waals surface area contributed by atoms with E-state index in [0.717, 1.165) is 37.9 Å². The maximum atomic E-state index is 13.0. The van der Waals surface area contributed by atoms with Crippen LogP contribution in [-0.2, 0) is 9.53 Å². The Morgan fingerprint density at radius 3 is 2.81 bits per heavy atom. The Labute approximate surface area is 152 Å². The van der Waals surface area contributed by atoms with Crippen molar-refractivity contribution in [3.05, 3.63) is 42.4 Å². The summed E-state index contributed by atoms with van der Waals surface area (Å²) in [7, 11) is 0. The Morgan fingerprint density at radius 1 is 1.12 bits per heavy atom. The fourth-order valence-corrected chi connectivity index (χ4v) is 3.69. The standard InChI is InChI=1S/C19H23N5O2/c25-18(14-7-12-26-13-8-14)24-11-3-4-16(24)15-6-10-21-19(22-15)23-17-5-1-2-9-20-17/h1-2,5-6,9-10,14,16H,3-4,7-8,11-13H2,(H,20,21,22,23)/t16-/m1/s1. The number of carbonyl (C=O) groups is 1. The number of likely N-dealkylation sites (tertiary alicyclic amines) is 1. The highest BCUT2D eigenvalue weighted by Gasteiger charge is 2.35. The Bertz CT molecular complexity index is 749. The summed E-state index contributed by atoms with van der Waals surface area (Å²) in [6.45, 7) is 2.16. The molecule has 0 bridgehead atoms. The molecule has 136 valence electrons. The predicted octanol–water partition coefficient (Wildman–Crippen LogP) is 2.71. The van der Waals surface area contributed by atoms with E-state index in [9.17, 15) is 4.79 Å². The summed E-state index contributed by atoms with van der Waals surface area (Å²) in [4.78, 5) is 28.1. The molecule has 2 aliphatic rings. The molecule has 0 spiro atoms. The highest BCUT2D eigenvalue weighted by molar-refractivity contribution is 5.79. The summed E-state index contributed by atoms with van der Waals surface area (Å²) < 4.78 is 5.39. The van der Waals surface area contributed by atoms with E-state index in [4.69, 9.17) is 4.74 Å². The number of hydrogen-bond acceptors (Lipinski definition) is 6. The van der Waals surface area contributed by atoms with Crippen LogP contribution in [0.1, 0.15) is 37.4 Å². The molecule has 7 heteroatoms. The highest BCUT2D eigenvalue weighted by atomic mass is 16.5. The van der Waals surface area contributed by atoms with Gasteiger partial charge in [-0.2, -0.15) is 0 Å². The van der Waals surface area contributed by atoms with Gasteiger partial charge in [-0.25, -0.2) is 15.0 Å². The molecule has 2 fully saturated rings. The van der Waals surface area contributed by atoms with Gasteiger partial charge in [-0.15, -0.1) is 0 Å². The van der Waals surface area contributed by atoms with Crippen molar-refractivity contribution in [2.75, 3.05) is 25.1 Å². The normalized spacial score (nSPS) is 20.9. The molecule has 2 saturated heterocycles. The summed E-state index contributed by atoms with van der Waals surface area (Å²) in [5.74, 6) is 1.53. The van der Waals surface area contributed by atoms with E-state index < -0.39 is 0 Å². The molecule has 2 aromatic rings. The number of anilines is 2. The third-order valence-corrected chi connectivity index (χ3v) is 5.03. The zero-order valence-electron chi connectivity index (χ0n) is 14.7. The summed E-state index contributed by atoms with van der Waals surface area (Å²) in [5, 5.41) is 3.12. The first kappa shape index (κ1) is 16.9. The lowest BCUT2D eigenvalue weighted by molar-refractivity contribution is -0.139. The minimum atomic E-state index is 0.0256. The number of carbonyl (C=O) groups excluding carboxylic acids is 1. The van der Waals surface area contributed by atoms with Gasteiger partial charge in [0.15, 0.2) is 0 Å². The number of nitrogens with zero attached hydrogens (tertiary/aromatic N) is 4. The van der Waals surface area contributed by atoms with Crippen molar-refractivity contribution in [2.45, 2.75) is 31.7 Å². The van der Waals surface area contributed by atoms with Crippen LogP contribution in [-0.4, -0.2) is 45.5 Å². The van der Waals surface area contributed by atoms with Gasteiger partial charge in [0, 0.05) is 38.1 Å². The highest BCUT2D eigenvalue weighted by Crippen LogP contribution is 2.33. The molecular formula is C19H23N5O2. The second-order valence-corrected chi connectivity index (χ2v) is 6.72. The fraction of sp³-hybridized carbons (Fsp3) is 0.474. The summed E-state index contributed by atoms with van der Waals surface area (Å²) in [6.07, 6.45) is 7.04. The van der Waals surface area contributed by atoms with Gasteiger partial charge in [0.1, 0.15) is 5.82 Å². The SMILES string of the molecule is O=C(C1CCOCC1)N1CCC[C@@H]1c1ccnc(Nc2ccccn2)n1. The number of aromatic nitrogens is 3. The molecule has 0 aliphatic carbocycles. The van der Waals surface area contributed by atoms with Crippen molar-refractivity contribution in [1.82, 2.24) is 19.9 Å². The fourth-order valence-electron chi connectivity index (χ4n) is 3.69. The quantitative estimate of drug-likeness (QED) is 0.910. The maximum Gasteiger partial charge on any atom is 0.228 e. The second-order valence-electron chi connectivity index (χ2n) is 6.72. The molecule has 26 heavy (non-hydrogen) atoms. The molecule has 0 saturated carbocycles. The van der Waals surface area contributed by atoms with Crippen LogP contribution in [0.4, 0.5) is 11.8 Å². The first-order chi connectivity index (χ1) is 12.8. The third-order valence-electron chi connectivity index (χ3n) is 5.03. The van der Waals surface area contributed by atoms with Gasteiger partial charge in [0.05, 0.1) is 11.7 Å². The van der Waals surface area contributed by atoms with Gasteiger partial charge < -0.3 is 15.0 Å². The van der Waals surface area contributed by atoms with Crippen molar-refractivity contribution < 1.29 is 9.53 Å². The molecule has 7 nitrogen and oxygen atoms in total. The molecule has 4 rings (SSSR count). The number of amides is 1. The van der Waals surface area contributed by atoms with Crippen molar-refractivity contribution in [3.63, 3.8) is 0 Å². The Morgan fingerprint density at radius 2 is 2.00 bits per heavy atom. The van der Waals surface area contributed by atoms with Crippen molar-refractivity contribution >= 4 is 17.7 Å². The number of rotatable bonds is 4. The van der Waals surface area contributed by atoms with Gasteiger partial charge >= 0.3 is 0 Å². The molecule has 0 unspecified atom stereocenters. The average molecular weight is 353 g/mol. The monoisotopic (exact) mass is 353 g/mol. The summed E-state index contributed by atoms with van der Waals surface area (Å²) in [5.41, 5.74) is 0.886. The van der Waals surface area contributed by atoms with E-state index in [1.807, 2.05) is 29.2 Å². The van der Waals surface area contributed by atoms with Gasteiger partial charge in [0.2, 0.25) is 11.9 Å². The maximum absolute atomic E-state index is 13.0. The Hall–Kier alpha value is -2.54. The van der Waals surface area contributed by atoms with Gasteiger partial charge in [-0.05, 0) is 43.9 Å². The molecule has 1 atom stereocenters. The number of nitrogens with one attached hydrogen (secondary N) is 1. The van der Waals surface area contributed by atoms with Gasteiger partial charge in [-0.1, -0.05) is 6.07 Å².